The zero-order valence-corrected chi connectivity index (χ0v) is 13.6. The number of nitrogens with one attached hydrogen (secondary N) is 1. The molecule has 0 atom stereocenters. The fraction of sp³-hybridized carbons (Fsp3) is 0.938. The van der Waals surface area contributed by atoms with E-state index in [1.54, 1.807) is 0 Å². The van der Waals surface area contributed by atoms with Crippen LogP contribution in [-0.2, 0) is 9.53 Å². The van der Waals surface area contributed by atoms with E-state index in [2.05, 4.69) is 19.2 Å². The number of nitrogens with two attached hydrogens (primary N) is 1. The van der Waals surface area contributed by atoms with E-state index in [-0.39, 0.29) is 17.6 Å². The van der Waals surface area contributed by atoms with Gasteiger partial charge in [-0.15, -0.1) is 0 Å². The number of carbonyl (C=O) groups excluding carboxylic acids is 1. The summed E-state index contributed by atoms with van der Waals surface area (Å²) in [5.41, 5.74) is 5.74. The Kier molecular flexibility index (Phi) is 6.96. The van der Waals surface area contributed by atoms with Gasteiger partial charge in [0.2, 0.25) is 5.91 Å². The van der Waals surface area contributed by atoms with E-state index >= 15 is 0 Å². The number of hydrogen-bond donors (Lipinski definition) is 2. The molecule has 4 nitrogen and oxygen atoms in total. The van der Waals surface area contributed by atoms with E-state index in [4.69, 9.17) is 10.5 Å². The summed E-state index contributed by atoms with van der Waals surface area (Å²) in [6, 6.07) is 0.187. The molecule has 1 saturated carbocycles. The molecule has 0 radical (unpaired) electrons. The second-order valence-corrected chi connectivity index (χ2v) is 6.79. The Morgan fingerprint density at radius 3 is 2.35 bits per heavy atom. The first-order valence-corrected chi connectivity index (χ1v) is 8.02. The van der Waals surface area contributed by atoms with Crippen molar-refractivity contribution in [2.75, 3.05) is 13.2 Å². The van der Waals surface area contributed by atoms with Crippen LogP contribution >= 0.6 is 0 Å². The summed E-state index contributed by atoms with van der Waals surface area (Å²) < 4.78 is 6.01. The van der Waals surface area contributed by atoms with Gasteiger partial charge in [0, 0.05) is 19.0 Å². The topological polar surface area (TPSA) is 64.3 Å². The van der Waals surface area contributed by atoms with Gasteiger partial charge in [0.05, 0.1) is 12.2 Å². The Morgan fingerprint density at radius 2 is 1.90 bits per heavy atom. The molecule has 0 bridgehead atoms. The van der Waals surface area contributed by atoms with Crippen LogP contribution in [0.2, 0.25) is 0 Å². The third-order valence-corrected chi connectivity index (χ3v) is 4.44. The van der Waals surface area contributed by atoms with Crippen molar-refractivity contribution in [3.05, 3.63) is 0 Å². The van der Waals surface area contributed by atoms with Crippen LogP contribution in [0.1, 0.15) is 59.8 Å². The lowest BCUT2D eigenvalue weighted by Crippen LogP contribution is -2.45. The minimum absolute atomic E-state index is 0.0584. The molecule has 0 spiro atoms. The van der Waals surface area contributed by atoms with Crippen molar-refractivity contribution in [3.63, 3.8) is 0 Å². The number of hydrogen-bond acceptors (Lipinski definition) is 3. The lowest BCUT2D eigenvalue weighted by Gasteiger charge is -2.40. The molecule has 0 saturated heterocycles. The molecule has 0 aromatic rings. The largest absolute Gasteiger partial charge is 0.373 e. The van der Waals surface area contributed by atoms with Crippen molar-refractivity contribution in [2.45, 2.75) is 71.4 Å². The molecule has 0 aromatic carbocycles. The Balaban J connectivity index is 2.35. The van der Waals surface area contributed by atoms with Crippen LogP contribution in [0.3, 0.4) is 0 Å². The van der Waals surface area contributed by atoms with Gasteiger partial charge in [-0.05, 0) is 51.4 Å². The van der Waals surface area contributed by atoms with Crippen molar-refractivity contribution in [2.24, 2.45) is 17.6 Å². The Hall–Kier alpha value is -0.610. The van der Waals surface area contributed by atoms with Crippen molar-refractivity contribution < 1.29 is 9.53 Å². The van der Waals surface area contributed by atoms with Crippen molar-refractivity contribution in [1.29, 1.82) is 0 Å². The fourth-order valence-corrected chi connectivity index (χ4v) is 2.99. The quantitative estimate of drug-likeness (QED) is 0.755. The molecule has 1 rings (SSSR count). The SMILES string of the molecule is CC(C)NC(=O)CCOC1(CN)CCC(C(C)C)CC1. The summed E-state index contributed by atoms with van der Waals surface area (Å²) in [5, 5.41) is 2.88. The molecular formula is C16H32N2O2. The molecule has 1 aliphatic rings. The molecule has 1 amide bonds. The molecule has 0 aliphatic heterocycles. The molecule has 20 heavy (non-hydrogen) atoms. The summed E-state index contributed by atoms with van der Waals surface area (Å²) in [7, 11) is 0. The first-order chi connectivity index (χ1) is 9.38. The van der Waals surface area contributed by atoms with Crippen molar-refractivity contribution in [1.82, 2.24) is 5.32 Å². The molecule has 3 N–H and O–H groups in total. The van der Waals surface area contributed by atoms with Crippen LogP contribution in [0.4, 0.5) is 0 Å². The molecule has 0 unspecified atom stereocenters. The van der Waals surface area contributed by atoms with Gasteiger partial charge in [-0.1, -0.05) is 13.8 Å². The second-order valence-electron chi connectivity index (χ2n) is 6.79. The summed E-state index contributed by atoms with van der Waals surface area (Å²) in [4.78, 5) is 11.6. The van der Waals surface area contributed by atoms with Crippen LogP contribution < -0.4 is 11.1 Å². The first kappa shape index (κ1) is 17.4. The zero-order valence-electron chi connectivity index (χ0n) is 13.6. The van der Waals surface area contributed by atoms with E-state index in [9.17, 15) is 4.79 Å². The lowest BCUT2D eigenvalue weighted by molar-refractivity contribution is -0.126. The van der Waals surface area contributed by atoms with Crippen molar-refractivity contribution in [3.8, 4) is 0 Å². The lowest BCUT2D eigenvalue weighted by atomic mass is 9.74. The third kappa shape index (κ3) is 5.41. The average molecular weight is 284 g/mol. The van der Waals surface area contributed by atoms with Crippen LogP contribution in [0.5, 0.6) is 0 Å². The van der Waals surface area contributed by atoms with Gasteiger partial charge in [0.25, 0.3) is 0 Å². The second kappa shape index (κ2) is 7.99. The molecule has 1 aliphatic carbocycles. The smallest absolute Gasteiger partial charge is 0.222 e. The molecule has 0 aromatic heterocycles. The van der Waals surface area contributed by atoms with E-state index < -0.39 is 0 Å². The summed E-state index contributed by atoms with van der Waals surface area (Å²) in [6.07, 6.45) is 4.85. The van der Waals surface area contributed by atoms with Gasteiger partial charge in [-0.3, -0.25) is 4.79 Å². The summed E-state index contributed by atoms with van der Waals surface area (Å²) >= 11 is 0. The van der Waals surface area contributed by atoms with Gasteiger partial charge in [0.1, 0.15) is 0 Å². The predicted octanol–water partition coefficient (Wildman–Crippen LogP) is 2.46. The molecule has 0 heterocycles. The summed E-state index contributed by atoms with van der Waals surface area (Å²) in [5.74, 6) is 1.59. The summed E-state index contributed by atoms with van der Waals surface area (Å²) in [6.45, 7) is 9.54. The first-order valence-electron chi connectivity index (χ1n) is 8.02. The number of carbonyl (C=O) groups is 1. The maximum absolute atomic E-state index is 11.6. The highest BCUT2D eigenvalue weighted by molar-refractivity contribution is 5.76. The maximum Gasteiger partial charge on any atom is 0.222 e. The molecule has 4 heteroatoms. The number of ether oxygens (including phenoxy) is 1. The monoisotopic (exact) mass is 284 g/mol. The van der Waals surface area contributed by atoms with Gasteiger partial charge >= 0.3 is 0 Å². The molecule has 118 valence electrons. The predicted molar refractivity (Wildman–Crippen MR) is 82.4 cm³/mol. The van der Waals surface area contributed by atoms with Gasteiger partial charge < -0.3 is 15.8 Å². The molecule has 1 fully saturated rings. The third-order valence-electron chi connectivity index (χ3n) is 4.44. The number of amides is 1. The average Bonchev–Trinajstić information content (AvgIpc) is 2.38. The van der Waals surface area contributed by atoms with E-state index in [1.165, 1.54) is 12.8 Å². The zero-order chi connectivity index (χ0) is 15.2. The van der Waals surface area contributed by atoms with Crippen LogP contribution in [-0.4, -0.2) is 30.7 Å². The van der Waals surface area contributed by atoms with Crippen LogP contribution in [0, 0.1) is 11.8 Å². The minimum Gasteiger partial charge on any atom is -0.373 e. The van der Waals surface area contributed by atoms with Crippen molar-refractivity contribution >= 4 is 5.91 Å². The Morgan fingerprint density at radius 1 is 1.30 bits per heavy atom. The normalized spacial score (nSPS) is 27.1. The van der Waals surface area contributed by atoms with Crippen LogP contribution in [0.15, 0.2) is 0 Å². The Bertz CT molecular complexity index is 295. The van der Waals surface area contributed by atoms with Gasteiger partial charge in [-0.25, -0.2) is 0 Å². The van der Waals surface area contributed by atoms with Gasteiger partial charge in [0.15, 0.2) is 0 Å². The van der Waals surface area contributed by atoms with E-state index in [0.717, 1.165) is 24.7 Å². The maximum atomic E-state index is 11.6. The highest BCUT2D eigenvalue weighted by Crippen LogP contribution is 2.37. The number of rotatable bonds is 7. The highest BCUT2D eigenvalue weighted by atomic mass is 16.5. The van der Waals surface area contributed by atoms with Gasteiger partial charge in [-0.2, -0.15) is 0 Å². The van der Waals surface area contributed by atoms with E-state index in [0.29, 0.717) is 19.6 Å². The Labute approximate surface area is 123 Å². The highest BCUT2D eigenvalue weighted by Gasteiger charge is 2.35. The minimum atomic E-state index is -0.191. The van der Waals surface area contributed by atoms with Crippen LogP contribution in [0.25, 0.3) is 0 Å². The van der Waals surface area contributed by atoms with E-state index in [1.807, 2.05) is 13.8 Å². The standard InChI is InChI=1S/C16H32N2O2/c1-12(2)14-5-8-16(11-17,9-6-14)20-10-7-15(19)18-13(3)4/h12-14H,5-11,17H2,1-4H3,(H,18,19). The fourth-order valence-electron chi connectivity index (χ4n) is 2.99. The molecular weight excluding hydrogens is 252 g/mol.